The van der Waals surface area contributed by atoms with E-state index < -0.39 is 0 Å². The average Bonchev–Trinajstić information content (AvgIpc) is 3.69. The summed E-state index contributed by atoms with van der Waals surface area (Å²) in [7, 11) is 0. The van der Waals surface area contributed by atoms with Crippen molar-refractivity contribution in [2.45, 2.75) is 45.4 Å². The minimum atomic E-state index is -0.170. The summed E-state index contributed by atoms with van der Waals surface area (Å²) in [5.41, 5.74) is 23.7. The standard InChI is InChI=1S/C61H50N2/c1-41-36-42(29-35-59(41)63(48-22-14-8-15-23-48)49-24-16-9-17-25-49)43-26-31-51-52-32-27-44(38-56(52)60(2,3)55(51)37-43)45-28-33-53-54-34-30-50(40-58(54)61(4,5)57(53)39-45)62(46-18-10-6-11-19-46)47-20-12-7-13-21-47/h6-40H,1-5H3. The van der Waals surface area contributed by atoms with Crippen molar-refractivity contribution in [3.63, 3.8) is 0 Å². The van der Waals surface area contributed by atoms with Gasteiger partial charge in [0.05, 0.1) is 0 Å². The molecule has 0 fully saturated rings. The van der Waals surface area contributed by atoms with E-state index >= 15 is 0 Å². The first kappa shape index (κ1) is 38.5. The summed E-state index contributed by atoms with van der Waals surface area (Å²) in [6.07, 6.45) is 0. The van der Waals surface area contributed by atoms with E-state index in [0.29, 0.717) is 0 Å². The maximum absolute atomic E-state index is 2.46. The third kappa shape index (κ3) is 6.40. The highest BCUT2D eigenvalue weighted by Crippen LogP contribution is 2.54. The third-order valence-electron chi connectivity index (χ3n) is 13.8. The maximum atomic E-state index is 2.46. The highest BCUT2D eigenvalue weighted by Gasteiger charge is 2.38. The van der Waals surface area contributed by atoms with Gasteiger partial charge in [-0.3, -0.25) is 0 Å². The molecule has 11 rings (SSSR count). The van der Waals surface area contributed by atoms with E-state index in [2.05, 4.69) is 257 Å². The number of nitrogens with zero attached hydrogens (tertiary/aromatic N) is 2. The van der Waals surface area contributed by atoms with Crippen LogP contribution in [0.1, 0.15) is 55.5 Å². The van der Waals surface area contributed by atoms with E-state index in [0.717, 1.165) is 22.7 Å². The largest absolute Gasteiger partial charge is 0.310 e. The first-order valence-corrected chi connectivity index (χ1v) is 22.2. The average molecular weight is 811 g/mol. The molecule has 2 aliphatic rings. The van der Waals surface area contributed by atoms with Crippen LogP contribution >= 0.6 is 0 Å². The van der Waals surface area contributed by atoms with Crippen molar-refractivity contribution < 1.29 is 0 Å². The second-order valence-corrected chi connectivity index (χ2v) is 18.3. The number of hydrogen-bond donors (Lipinski definition) is 0. The quantitative estimate of drug-likeness (QED) is 0.151. The van der Waals surface area contributed by atoms with Gasteiger partial charge < -0.3 is 9.80 Å². The van der Waals surface area contributed by atoms with Crippen LogP contribution in [0.2, 0.25) is 0 Å². The van der Waals surface area contributed by atoms with E-state index in [4.69, 9.17) is 0 Å². The molecule has 0 saturated carbocycles. The van der Waals surface area contributed by atoms with Crippen LogP contribution < -0.4 is 9.80 Å². The molecule has 0 heterocycles. The molecule has 0 radical (unpaired) electrons. The van der Waals surface area contributed by atoms with E-state index in [1.54, 1.807) is 0 Å². The Balaban J connectivity index is 0.902. The van der Waals surface area contributed by atoms with Gasteiger partial charge in [0.15, 0.2) is 0 Å². The molecule has 0 aromatic heterocycles. The summed E-state index contributed by atoms with van der Waals surface area (Å²) in [5.74, 6) is 0. The maximum Gasteiger partial charge on any atom is 0.0491 e. The fraction of sp³-hybridized carbons (Fsp3) is 0.115. The van der Waals surface area contributed by atoms with Crippen molar-refractivity contribution >= 4 is 34.1 Å². The Morgan fingerprint density at radius 3 is 0.984 bits per heavy atom. The van der Waals surface area contributed by atoms with Crippen molar-refractivity contribution in [1.82, 2.24) is 0 Å². The zero-order chi connectivity index (χ0) is 42.9. The van der Waals surface area contributed by atoms with Crippen LogP contribution in [0.4, 0.5) is 34.1 Å². The van der Waals surface area contributed by atoms with Gasteiger partial charge in [0, 0.05) is 45.0 Å². The Hall–Kier alpha value is -7.42. The molecule has 2 nitrogen and oxygen atoms in total. The van der Waals surface area contributed by atoms with Crippen LogP contribution in [0.15, 0.2) is 212 Å². The summed E-state index contributed by atoms with van der Waals surface area (Å²) in [6, 6.07) is 78.0. The van der Waals surface area contributed by atoms with Gasteiger partial charge in [-0.1, -0.05) is 149 Å². The van der Waals surface area contributed by atoms with Crippen molar-refractivity contribution in [3.05, 3.63) is 240 Å². The summed E-state index contributed by atoms with van der Waals surface area (Å²) in [4.78, 5) is 4.71. The molecular formula is C61H50N2. The lowest BCUT2D eigenvalue weighted by molar-refractivity contribution is 0.659. The number of benzene rings is 9. The zero-order valence-corrected chi connectivity index (χ0v) is 36.6. The molecule has 0 N–H and O–H groups in total. The Bertz CT molecular complexity index is 3090. The number of rotatable bonds is 8. The van der Waals surface area contributed by atoms with Crippen LogP contribution in [-0.2, 0) is 10.8 Å². The van der Waals surface area contributed by atoms with Crippen molar-refractivity contribution in [3.8, 4) is 44.5 Å². The Labute approximate surface area is 372 Å². The van der Waals surface area contributed by atoms with Gasteiger partial charge >= 0.3 is 0 Å². The SMILES string of the molecule is Cc1cc(-c2ccc3c(c2)C(C)(C)c2cc(-c4ccc5c(c4)C(C)(C)c4cc(N(c6ccccc6)c6ccccc6)ccc4-5)ccc2-3)ccc1N(c1ccccc1)c1ccccc1. The number of para-hydroxylation sites is 4. The molecule has 0 amide bonds. The number of anilines is 6. The Kier molecular flexibility index (Phi) is 9.10. The molecule has 63 heavy (non-hydrogen) atoms. The van der Waals surface area contributed by atoms with Crippen molar-refractivity contribution in [1.29, 1.82) is 0 Å². The predicted octanol–water partition coefficient (Wildman–Crippen LogP) is 16.9. The van der Waals surface area contributed by atoms with Gasteiger partial charge in [-0.25, -0.2) is 0 Å². The number of fused-ring (bicyclic) bond motifs is 6. The molecule has 9 aromatic rings. The summed E-state index contributed by atoms with van der Waals surface area (Å²) < 4.78 is 0. The van der Waals surface area contributed by atoms with E-state index in [1.807, 2.05) is 0 Å². The van der Waals surface area contributed by atoms with E-state index in [-0.39, 0.29) is 10.8 Å². The van der Waals surface area contributed by atoms with Gasteiger partial charge in [0.2, 0.25) is 0 Å². The normalized spacial score (nSPS) is 13.7. The van der Waals surface area contributed by atoms with Gasteiger partial charge in [-0.2, -0.15) is 0 Å². The van der Waals surface area contributed by atoms with Crippen molar-refractivity contribution in [2.75, 3.05) is 9.80 Å². The van der Waals surface area contributed by atoms with Crippen LogP contribution in [0.5, 0.6) is 0 Å². The second kappa shape index (κ2) is 14.9. The molecule has 0 atom stereocenters. The minimum Gasteiger partial charge on any atom is -0.310 e. The number of hydrogen-bond acceptors (Lipinski definition) is 2. The highest BCUT2D eigenvalue weighted by atomic mass is 15.1. The molecule has 0 bridgehead atoms. The lowest BCUT2D eigenvalue weighted by Gasteiger charge is -2.28. The summed E-state index contributed by atoms with van der Waals surface area (Å²) in [5, 5.41) is 0. The first-order valence-electron chi connectivity index (χ1n) is 22.2. The van der Waals surface area contributed by atoms with E-state index in [9.17, 15) is 0 Å². The Morgan fingerprint density at radius 1 is 0.286 bits per heavy atom. The minimum absolute atomic E-state index is 0.158. The second-order valence-electron chi connectivity index (χ2n) is 18.3. The fourth-order valence-corrected chi connectivity index (χ4v) is 10.4. The molecule has 0 saturated heterocycles. The molecular weight excluding hydrogens is 761 g/mol. The topological polar surface area (TPSA) is 6.48 Å². The Morgan fingerprint density at radius 2 is 0.603 bits per heavy atom. The van der Waals surface area contributed by atoms with Gasteiger partial charge in [0.1, 0.15) is 0 Å². The molecule has 2 heteroatoms. The molecule has 0 spiro atoms. The van der Waals surface area contributed by atoms with Gasteiger partial charge in [-0.05, 0) is 170 Å². The van der Waals surface area contributed by atoms with Gasteiger partial charge in [0.25, 0.3) is 0 Å². The number of aryl methyl sites for hydroxylation is 1. The molecule has 0 aliphatic heterocycles. The third-order valence-corrected chi connectivity index (χ3v) is 13.8. The summed E-state index contributed by atoms with van der Waals surface area (Å²) >= 11 is 0. The predicted molar refractivity (Wildman–Crippen MR) is 267 cm³/mol. The molecule has 0 unspecified atom stereocenters. The van der Waals surface area contributed by atoms with Gasteiger partial charge in [-0.15, -0.1) is 0 Å². The molecule has 304 valence electrons. The summed E-state index contributed by atoms with van der Waals surface area (Å²) in [6.45, 7) is 11.8. The lowest BCUT2D eigenvalue weighted by atomic mass is 9.80. The van der Waals surface area contributed by atoms with Crippen LogP contribution in [0, 0.1) is 6.92 Å². The smallest absolute Gasteiger partial charge is 0.0491 e. The van der Waals surface area contributed by atoms with Crippen molar-refractivity contribution in [2.24, 2.45) is 0 Å². The molecule has 2 aliphatic carbocycles. The molecule has 9 aromatic carbocycles. The van der Waals surface area contributed by atoms with Crippen LogP contribution in [0.25, 0.3) is 44.5 Å². The zero-order valence-electron chi connectivity index (χ0n) is 36.6. The highest BCUT2D eigenvalue weighted by molar-refractivity contribution is 5.90. The fourth-order valence-electron chi connectivity index (χ4n) is 10.4. The van der Waals surface area contributed by atoms with Crippen LogP contribution in [-0.4, -0.2) is 0 Å². The first-order chi connectivity index (χ1) is 30.7. The lowest BCUT2D eigenvalue weighted by Crippen LogP contribution is -2.16. The van der Waals surface area contributed by atoms with Crippen LogP contribution in [0.3, 0.4) is 0 Å². The monoisotopic (exact) mass is 810 g/mol. The van der Waals surface area contributed by atoms with E-state index in [1.165, 1.54) is 83.7 Å².